The Hall–Kier alpha value is -2.08. The van der Waals surface area contributed by atoms with Crippen LogP contribution in [0, 0.1) is 0 Å². The second-order valence-corrected chi connectivity index (χ2v) is 6.95. The number of benzene rings is 2. The Kier molecular flexibility index (Phi) is 6.72. The predicted octanol–water partition coefficient (Wildman–Crippen LogP) is 2.44. The van der Waals surface area contributed by atoms with Crippen LogP contribution in [0.3, 0.4) is 0 Å². The largest absolute Gasteiger partial charge is 0.496 e. The highest BCUT2D eigenvalue weighted by Crippen LogP contribution is 2.32. The van der Waals surface area contributed by atoms with Gasteiger partial charge in [0, 0.05) is 13.1 Å². The molecule has 1 fully saturated rings. The second kappa shape index (κ2) is 9.22. The molecular weight excluding hydrogens is 340 g/mol. The van der Waals surface area contributed by atoms with Gasteiger partial charge in [0.25, 0.3) is 0 Å². The number of methoxy groups -OCH3 is 2. The van der Waals surface area contributed by atoms with Gasteiger partial charge < -0.3 is 24.8 Å². The zero-order chi connectivity index (χ0) is 19.1. The molecule has 27 heavy (non-hydrogen) atoms. The molecule has 1 saturated heterocycles. The summed E-state index contributed by atoms with van der Waals surface area (Å²) in [6.45, 7) is 2.41. The summed E-state index contributed by atoms with van der Waals surface area (Å²) in [5.74, 6) is 1.81. The summed E-state index contributed by atoms with van der Waals surface area (Å²) in [4.78, 5) is 0. The van der Waals surface area contributed by atoms with Gasteiger partial charge in [-0.1, -0.05) is 36.4 Å². The molecule has 0 aliphatic carbocycles. The maximum Gasteiger partial charge on any atom is 0.122 e. The number of para-hydroxylation sites is 2. The third-order valence-corrected chi connectivity index (χ3v) is 5.44. The smallest absolute Gasteiger partial charge is 0.122 e. The van der Waals surface area contributed by atoms with Gasteiger partial charge in [-0.25, -0.2) is 0 Å². The van der Waals surface area contributed by atoms with Gasteiger partial charge in [-0.2, -0.15) is 0 Å². The lowest BCUT2D eigenvalue weighted by atomic mass is 9.79. The number of morpholine rings is 1. The lowest BCUT2D eigenvalue weighted by molar-refractivity contribution is -0.0327. The highest BCUT2D eigenvalue weighted by atomic mass is 16.5. The van der Waals surface area contributed by atoms with E-state index < -0.39 is 0 Å². The quantitative estimate of drug-likeness (QED) is 0.748. The first kappa shape index (κ1) is 19.7. The number of hydrogen-bond donors (Lipinski definition) is 2. The Morgan fingerprint density at radius 2 is 1.56 bits per heavy atom. The maximum absolute atomic E-state index is 6.22. The fourth-order valence-electron chi connectivity index (χ4n) is 3.93. The summed E-state index contributed by atoms with van der Waals surface area (Å²) in [5.41, 5.74) is 2.04. The highest BCUT2D eigenvalue weighted by Gasteiger charge is 2.40. The third-order valence-electron chi connectivity index (χ3n) is 5.44. The van der Waals surface area contributed by atoms with Crippen LogP contribution in [0.25, 0.3) is 0 Å². The lowest BCUT2D eigenvalue weighted by Crippen LogP contribution is -2.62. The van der Waals surface area contributed by atoms with Crippen LogP contribution in [-0.4, -0.2) is 52.6 Å². The van der Waals surface area contributed by atoms with Crippen LogP contribution in [0.1, 0.15) is 11.1 Å². The molecule has 146 valence electrons. The molecule has 3 rings (SSSR count). The minimum atomic E-state index is -0.295. The number of rotatable bonds is 8. The summed E-state index contributed by atoms with van der Waals surface area (Å²) >= 11 is 0. The fraction of sp³-hybridized carbons (Fsp3) is 0.455. The Morgan fingerprint density at radius 3 is 2.00 bits per heavy atom. The van der Waals surface area contributed by atoms with Crippen molar-refractivity contribution in [2.45, 2.75) is 24.5 Å². The minimum absolute atomic E-state index is 0.0334. The molecule has 0 spiro atoms. The molecule has 0 amide bonds. The highest BCUT2D eigenvalue weighted by molar-refractivity contribution is 5.38. The predicted molar refractivity (Wildman–Crippen MR) is 108 cm³/mol. The van der Waals surface area contributed by atoms with E-state index in [9.17, 15) is 0 Å². The molecule has 2 N–H and O–H groups in total. The van der Waals surface area contributed by atoms with Crippen LogP contribution in [0.15, 0.2) is 48.5 Å². The van der Waals surface area contributed by atoms with E-state index in [0.29, 0.717) is 6.61 Å². The lowest BCUT2D eigenvalue weighted by Gasteiger charge is -2.43. The van der Waals surface area contributed by atoms with Crippen LogP contribution in [0.5, 0.6) is 11.5 Å². The summed E-state index contributed by atoms with van der Waals surface area (Å²) in [6, 6.07) is 16.4. The molecule has 1 atom stereocenters. The van der Waals surface area contributed by atoms with Crippen molar-refractivity contribution >= 4 is 0 Å². The molecule has 2 aromatic rings. The van der Waals surface area contributed by atoms with Crippen molar-refractivity contribution in [3.8, 4) is 11.5 Å². The standard InChI is InChI=1S/C22H30N2O3/c1-23-22(21-16-24-12-13-27-21,14-17-8-4-6-10-19(17)25-2)15-18-9-5-7-11-20(18)26-3/h4-11,21,23-24H,12-16H2,1-3H3. The van der Waals surface area contributed by atoms with Gasteiger partial charge in [0.05, 0.1) is 32.5 Å². The van der Waals surface area contributed by atoms with Crippen LogP contribution in [-0.2, 0) is 17.6 Å². The normalized spacial score (nSPS) is 17.5. The first-order valence-electron chi connectivity index (χ1n) is 9.47. The molecule has 5 heteroatoms. The Balaban J connectivity index is 1.99. The summed E-state index contributed by atoms with van der Waals surface area (Å²) < 4.78 is 17.4. The zero-order valence-electron chi connectivity index (χ0n) is 16.5. The topological polar surface area (TPSA) is 51.8 Å². The van der Waals surface area contributed by atoms with E-state index >= 15 is 0 Å². The van der Waals surface area contributed by atoms with Crippen LogP contribution in [0.2, 0.25) is 0 Å². The molecule has 1 unspecified atom stereocenters. The van der Waals surface area contributed by atoms with Gasteiger partial charge in [-0.15, -0.1) is 0 Å². The fourth-order valence-corrected chi connectivity index (χ4v) is 3.93. The van der Waals surface area contributed by atoms with E-state index in [-0.39, 0.29) is 11.6 Å². The number of nitrogens with one attached hydrogen (secondary N) is 2. The maximum atomic E-state index is 6.22. The Labute approximate surface area is 162 Å². The Morgan fingerprint density at radius 1 is 1.00 bits per heavy atom. The average Bonchev–Trinajstić information content (AvgIpc) is 2.74. The van der Waals surface area contributed by atoms with Crippen molar-refractivity contribution in [3.05, 3.63) is 59.7 Å². The molecule has 1 aliphatic heterocycles. The molecular formula is C22H30N2O3. The molecule has 0 bridgehead atoms. The van der Waals surface area contributed by atoms with Gasteiger partial charge in [-0.3, -0.25) is 0 Å². The zero-order valence-corrected chi connectivity index (χ0v) is 16.5. The molecule has 5 nitrogen and oxygen atoms in total. The molecule has 0 radical (unpaired) electrons. The van der Waals surface area contributed by atoms with E-state index in [4.69, 9.17) is 14.2 Å². The molecule has 1 aliphatic rings. The van der Waals surface area contributed by atoms with Crippen molar-refractivity contribution in [3.63, 3.8) is 0 Å². The number of ether oxygens (including phenoxy) is 3. The first-order chi connectivity index (χ1) is 13.2. The molecule has 0 saturated carbocycles. The van der Waals surface area contributed by atoms with E-state index in [2.05, 4.69) is 34.9 Å². The number of likely N-dealkylation sites (N-methyl/N-ethyl adjacent to an activating group) is 1. The Bertz CT molecular complexity index is 680. The van der Waals surface area contributed by atoms with Crippen molar-refractivity contribution in [1.82, 2.24) is 10.6 Å². The average molecular weight is 370 g/mol. The van der Waals surface area contributed by atoms with Crippen molar-refractivity contribution in [2.24, 2.45) is 0 Å². The van der Waals surface area contributed by atoms with Gasteiger partial charge in [0.2, 0.25) is 0 Å². The minimum Gasteiger partial charge on any atom is -0.496 e. The van der Waals surface area contributed by atoms with Crippen LogP contribution >= 0.6 is 0 Å². The third kappa shape index (κ3) is 4.43. The van der Waals surface area contributed by atoms with Crippen molar-refractivity contribution in [2.75, 3.05) is 41.0 Å². The second-order valence-electron chi connectivity index (χ2n) is 6.95. The van der Waals surface area contributed by atoms with E-state index in [0.717, 1.165) is 37.4 Å². The van der Waals surface area contributed by atoms with Crippen LogP contribution < -0.4 is 20.1 Å². The van der Waals surface area contributed by atoms with Gasteiger partial charge in [0.1, 0.15) is 11.5 Å². The SMILES string of the molecule is CNC(Cc1ccccc1OC)(Cc1ccccc1OC)C1CNCCO1. The van der Waals surface area contributed by atoms with E-state index in [1.165, 1.54) is 11.1 Å². The molecule has 1 heterocycles. The van der Waals surface area contributed by atoms with Gasteiger partial charge in [-0.05, 0) is 43.1 Å². The van der Waals surface area contributed by atoms with Gasteiger partial charge in [0.15, 0.2) is 0 Å². The van der Waals surface area contributed by atoms with Crippen molar-refractivity contribution < 1.29 is 14.2 Å². The van der Waals surface area contributed by atoms with Crippen LogP contribution in [0.4, 0.5) is 0 Å². The molecule has 2 aromatic carbocycles. The molecule has 0 aromatic heterocycles. The van der Waals surface area contributed by atoms with Crippen molar-refractivity contribution in [1.29, 1.82) is 0 Å². The van der Waals surface area contributed by atoms with E-state index in [1.54, 1.807) is 14.2 Å². The summed E-state index contributed by atoms with van der Waals surface area (Å²) in [5, 5.41) is 7.08. The summed E-state index contributed by atoms with van der Waals surface area (Å²) in [6.07, 6.45) is 1.61. The monoisotopic (exact) mass is 370 g/mol. The van der Waals surface area contributed by atoms with Gasteiger partial charge >= 0.3 is 0 Å². The summed E-state index contributed by atoms with van der Waals surface area (Å²) in [7, 11) is 5.46. The number of hydrogen-bond acceptors (Lipinski definition) is 5. The first-order valence-corrected chi connectivity index (χ1v) is 9.47. The van der Waals surface area contributed by atoms with E-state index in [1.807, 2.05) is 31.3 Å².